The molecule has 0 radical (unpaired) electrons. The van der Waals surface area contributed by atoms with Crippen LogP contribution in [0.5, 0.6) is 0 Å². The minimum Gasteiger partial charge on any atom is -0.457 e. The molecule has 1 saturated heterocycles. The third kappa shape index (κ3) is 6.26. The molecule has 206 valence electrons. The Morgan fingerprint density at radius 3 is 2.82 bits per heavy atom. The van der Waals surface area contributed by atoms with Crippen molar-refractivity contribution in [3.63, 3.8) is 0 Å². The third-order valence-corrected chi connectivity index (χ3v) is 9.82. The summed E-state index contributed by atoms with van der Waals surface area (Å²) in [4.78, 5) is 35.0. The number of nitrogens with zero attached hydrogens (tertiary/aromatic N) is 3. The molecule has 14 nitrogen and oxygen atoms in total. The first kappa shape index (κ1) is 28.2. The van der Waals surface area contributed by atoms with E-state index < -0.39 is 48.8 Å². The summed E-state index contributed by atoms with van der Waals surface area (Å²) in [6.45, 7) is -1.41. The van der Waals surface area contributed by atoms with Crippen LogP contribution in [0.2, 0.25) is 0 Å². The number of aliphatic hydroxyl groups is 2. The van der Waals surface area contributed by atoms with Crippen LogP contribution in [0.15, 0.2) is 41.5 Å². The first-order chi connectivity index (χ1) is 18.0. The van der Waals surface area contributed by atoms with Gasteiger partial charge in [-0.25, -0.2) is 10.1 Å². The van der Waals surface area contributed by atoms with Crippen LogP contribution in [0, 0.1) is 0 Å². The SMILES string of the molecule is C[C@@H](OC(=O)C1CS[P@](=O)(OCCO[C@@H](n2cnc3c(=O)[nH]c(N)nc32)[C@](C)(O)CO)N1)c1ccccc1. The highest BCUT2D eigenvalue weighted by molar-refractivity contribution is 8.56. The van der Waals surface area contributed by atoms with Crippen LogP contribution >= 0.6 is 18.1 Å². The molecule has 0 bridgehead atoms. The number of aliphatic hydroxyl groups excluding tert-OH is 1. The number of rotatable bonds is 11. The zero-order valence-electron chi connectivity index (χ0n) is 20.6. The smallest absolute Gasteiger partial charge is 0.327 e. The molecule has 0 aliphatic carbocycles. The summed E-state index contributed by atoms with van der Waals surface area (Å²) in [5.74, 6) is -0.508. The lowest BCUT2D eigenvalue weighted by atomic mass is 10.1. The second-order valence-corrected chi connectivity index (χ2v) is 13.1. The number of carbonyl (C=O) groups is 1. The normalized spacial score (nSPS) is 22.7. The van der Waals surface area contributed by atoms with Crippen molar-refractivity contribution in [2.24, 2.45) is 0 Å². The van der Waals surface area contributed by atoms with Crippen molar-refractivity contribution >= 4 is 41.2 Å². The minimum atomic E-state index is -3.43. The van der Waals surface area contributed by atoms with Gasteiger partial charge >= 0.3 is 12.7 Å². The fraction of sp³-hybridized carbons (Fsp3) is 0.455. The highest BCUT2D eigenvalue weighted by Crippen LogP contribution is 2.60. The number of nitrogens with two attached hydrogens (primary N) is 1. The molecule has 1 unspecified atom stereocenters. The van der Waals surface area contributed by atoms with Crippen molar-refractivity contribution in [2.75, 3.05) is 31.3 Å². The summed E-state index contributed by atoms with van der Waals surface area (Å²) in [7, 11) is 0. The predicted molar refractivity (Wildman–Crippen MR) is 139 cm³/mol. The monoisotopic (exact) mass is 568 g/mol. The van der Waals surface area contributed by atoms with E-state index in [1.54, 1.807) is 6.92 Å². The Morgan fingerprint density at radius 2 is 2.11 bits per heavy atom. The standard InChI is InChI=1S/C22H29N6O8PS/c1-13(14-6-4-3-5-7-14)36-19(31)15-10-38-37(33,27-15)35-9-8-34-20(22(2,32)11-29)28-12-24-16-17(28)25-21(23)26-18(16)30/h3-7,12-13,15,20,29,32H,8-11H2,1-2H3,(H,27,33)(H3,23,25,26,30)/t13-,15?,20-,22-,37-/m1/s1. The number of hydrogen-bond donors (Lipinski definition) is 5. The first-order valence-electron chi connectivity index (χ1n) is 11.6. The average Bonchev–Trinajstić information content (AvgIpc) is 3.48. The van der Waals surface area contributed by atoms with Gasteiger partial charge in [0.1, 0.15) is 17.7 Å². The van der Waals surface area contributed by atoms with Gasteiger partial charge in [-0.15, -0.1) is 0 Å². The molecule has 0 spiro atoms. The fourth-order valence-corrected chi connectivity index (χ4v) is 7.64. The van der Waals surface area contributed by atoms with Crippen molar-refractivity contribution in [3.8, 4) is 0 Å². The van der Waals surface area contributed by atoms with E-state index >= 15 is 0 Å². The molecule has 4 rings (SSSR count). The third-order valence-electron chi connectivity index (χ3n) is 5.75. The van der Waals surface area contributed by atoms with Crippen molar-refractivity contribution in [1.29, 1.82) is 0 Å². The Bertz CT molecular complexity index is 1380. The lowest BCUT2D eigenvalue weighted by Crippen LogP contribution is -2.42. The van der Waals surface area contributed by atoms with E-state index in [1.807, 2.05) is 30.3 Å². The number of nitrogen functional groups attached to an aromatic ring is 1. The van der Waals surface area contributed by atoms with E-state index in [2.05, 4.69) is 20.0 Å². The van der Waals surface area contributed by atoms with Crippen LogP contribution in [0.4, 0.5) is 5.95 Å². The predicted octanol–water partition coefficient (Wildman–Crippen LogP) is 1.09. The molecular formula is C22H29N6O8PS. The summed E-state index contributed by atoms with van der Waals surface area (Å²) >= 11 is 0.975. The molecule has 6 N–H and O–H groups in total. The van der Waals surface area contributed by atoms with E-state index in [9.17, 15) is 24.4 Å². The van der Waals surface area contributed by atoms with Crippen LogP contribution in [0.25, 0.3) is 11.2 Å². The number of aromatic amines is 1. The second-order valence-electron chi connectivity index (χ2n) is 8.81. The molecule has 1 fully saturated rings. The van der Waals surface area contributed by atoms with E-state index in [0.29, 0.717) is 0 Å². The quantitative estimate of drug-likeness (QED) is 0.125. The molecule has 2 aromatic heterocycles. The van der Waals surface area contributed by atoms with Crippen LogP contribution in [0.1, 0.15) is 31.7 Å². The summed E-state index contributed by atoms with van der Waals surface area (Å²) < 4.78 is 31.1. The van der Waals surface area contributed by atoms with E-state index in [4.69, 9.17) is 19.7 Å². The maximum absolute atomic E-state index is 13.1. The van der Waals surface area contributed by atoms with Gasteiger partial charge < -0.3 is 29.9 Å². The number of H-pyrrole nitrogens is 1. The van der Waals surface area contributed by atoms with Crippen LogP contribution in [-0.2, 0) is 23.4 Å². The van der Waals surface area contributed by atoms with Gasteiger partial charge in [0.05, 0.1) is 26.1 Å². The van der Waals surface area contributed by atoms with Crippen LogP contribution < -0.4 is 16.4 Å². The fourth-order valence-electron chi connectivity index (χ4n) is 3.75. The minimum absolute atomic E-state index is 0.0340. The molecule has 1 aromatic carbocycles. The largest absolute Gasteiger partial charge is 0.457 e. The van der Waals surface area contributed by atoms with Gasteiger partial charge in [-0.1, -0.05) is 41.7 Å². The van der Waals surface area contributed by atoms with E-state index in [0.717, 1.165) is 16.9 Å². The van der Waals surface area contributed by atoms with Gasteiger partial charge in [-0.05, 0) is 19.4 Å². The van der Waals surface area contributed by atoms with Gasteiger partial charge in [0, 0.05) is 5.75 Å². The lowest BCUT2D eigenvalue weighted by Gasteiger charge is -2.32. The number of anilines is 1. The number of carbonyl (C=O) groups excluding carboxylic acids is 1. The molecule has 38 heavy (non-hydrogen) atoms. The summed E-state index contributed by atoms with van der Waals surface area (Å²) in [6, 6.07) is 8.44. The highest BCUT2D eigenvalue weighted by atomic mass is 32.7. The number of benzene rings is 1. The molecular weight excluding hydrogens is 539 g/mol. The highest BCUT2D eigenvalue weighted by Gasteiger charge is 2.41. The van der Waals surface area contributed by atoms with Crippen LogP contribution in [0.3, 0.4) is 0 Å². The van der Waals surface area contributed by atoms with Gasteiger partial charge in [0.2, 0.25) is 5.95 Å². The molecule has 3 heterocycles. The van der Waals surface area contributed by atoms with Crippen molar-refractivity contribution in [2.45, 2.75) is 37.8 Å². The second kappa shape index (κ2) is 11.5. The number of hydrogen-bond acceptors (Lipinski definition) is 12. The molecule has 0 amide bonds. The van der Waals surface area contributed by atoms with Gasteiger partial charge in [-0.2, -0.15) is 4.98 Å². The van der Waals surface area contributed by atoms with Gasteiger partial charge in [-0.3, -0.25) is 23.7 Å². The maximum atomic E-state index is 13.1. The number of nitrogens with one attached hydrogen (secondary N) is 2. The molecule has 5 atom stereocenters. The van der Waals surface area contributed by atoms with E-state index in [-0.39, 0.29) is 36.1 Å². The summed E-state index contributed by atoms with van der Waals surface area (Å²) in [6.07, 6.45) is -0.492. The molecule has 0 saturated carbocycles. The number of fused-ring (bicyclic) bond motifs is 1. The Kier molecular flexibility index (Phi) is 8.57. The maximum Gasteiger partial charge on any atom is 0.327 e. The Balaban J connectivity index is 1.35. The lowest BCUT2D eigenvalue weighted by molar-refractivity contribution is -0.158. The Morgan fingerprint density at radius 1 is 1.37 bits per heavy atom. The van der Waals surface area contributed by atoms with Gasteiger partial charge in [0.15, 0.2) is 17.4 Å². The zero-order valence-corrected chi connectivity index (χ0v) is 22.4. The summed E-state index contributed by atoms with van der Waals surface area (Å²) in [5.41, 5.74) is 4.08. The van der Waals surface area contributed by atoms with Crippen molar-refractivity contribution in [3.05, 3.63) is 52.6 Å². The van der Waals surface area contributed by atoms with E-state index in [1.165, 1.54) is 17.8 Å². The van der Waals surface area contributed by atoms with Gasteiger partial charge in [0.25, 0.3) is 5.56 Å². The van der Waals surface area contributed by atoms with Crippen molar-refractivity contribution in [1.82, 2.24) is 24.6 Å². The number of imidazole rings is 1. The number of esters is 1. The number of ether oxygens (including phenoxy) is 2. The zero-order chi connectivity index (χ0) is 27.5. The summed E-state index contributed by atoms with van der Waals surface area (Å²) in [5, 5.41) is 23.2. The van der Waals surface area contributed by atoms with Crippen molar-refractivity contribution < 1.29 is 33.6 Å². The molecule has 16 heteroatoms. The molecule has 3 aromatic rings. The first-order valence-corrected chi connectivity index (χ1v) is 14.8. The number of aromatic nitrogens is 4. The molecule has 1 aliphatic heterocycles. The van der Waals surface area contributed by atoms with Crippen LogP contribution in [-0.4, -0.2) is 72.9 Å². The molecule has 1 aliphatic rings. The topological polar surface area (TPSA) is 204 Å². The Labute approximate surface area is 221 Å². The average molecular weight is 569 g/mol. The Hall–Kier alpha value is -2.78.